The van der Waals surface area contributed by atoms with Crippen molar-refractivity contribution >= 4 is 23.7 Å². The molecule has 0 aromatic heterocycles. The third-order valence-corrected chi connectivity index (χ3v) is 5.76. The van der Waals surface area contributed by atoms with Crippen molar-refractivity contribution in [1.29, 1.82) is 0 Å². The number of carbonyl (C=O) groups is 4. The van der Waals surface area contributed by atoms with Crippen LogP contribution < -0.4 is 5.32 Å². The summed E-state index contributed by atoms with van der Waals surface area (Å²) < 4.78 is 5.52. The zero-order valence-electron chi connectivity index (χ0n) is 15.3. The van der Waals surface area contributed by atoms with Gasteiger partial charge in [0.2, 0.25) is 0 Å². The molecule has 1 unspecified atom stereocenters. The minimum Gasteiger partial charge on any atom is -0.481 e. The van der Waals surface area contributed by atoms with E-state index < -0.39 is 17.8 Å². The van der Waals surface area contributed by atoms with Gasteiger partial charge in [0, 0.05) is 18.2 Å². The second-order valence-electron chi connectivity index (χ2n) is 7.63. The Balaban J connectivity index is 1.45. The van der Waals surface area contributed by atoms with Gasteiger partial charge in [-0.3, -0.25) is 24.1 Å². The molecular formula is C20H22N2O6. The fourth-order valence-electron chi connectivity index (χ4n) is 4.20. The highest BCUT2D eigenvalue weighted by atomic mass is 16.5. The van der Waals surface area contributed by atoms with Gasteiger partial charge in [-0.15, -0.1) is 0 Å². The molecule has 2 N–H and O–H groups in total. The number of benzene rings is 1. The van der Waals surface area contributed by atoms with Crippen molar-refractivity contribution in [2.75, 3.05) is 13.2 Å². The third-order valence-electron chi connectivity index (χ3n) is 5.76. The molecule has 3 atom stereocenters. The normalized spacial score (nSPS) is 26.6. The summed E-state index contributed by atoms with van der Waals surface area (Å²) in [5, 5.41) is 11.9. The summed E-state index contributed by atoms with van der Waals surface area (Å²) in [7, 11) is 0. The smallest absolute Gasteiger partial charge is 0.306 e. The van der Waals surface area contributed by atoms with Crippen LogP contribution in [0.1, 0.15) is 63.2 Å². The Hall–Kier alpha value is -2.74. The van der Waals surface area contributed by atoms with Crippen LogP contribution in [0.25, 0.3) is 0 Å². The first-order valence-electron chi connectivity index (χ1n) is 9.59. The Kier molecular flexibility index (Phi) is 4.89. The zero-order chi connectivity index (χ0) is 19.8. The maximum atomic E-state index is 12.7. The number of hydrogen-bond acceptors (Lipinski definition) is 5. The molecule has 4 rings (SSSR count). The molecule has 2 fully saturated rings. The number of carboxylic acids is 1. The number of carbonyl (C=O) groups excluding carboxylic acids is 3. The average molecular weight is 386 g/mol. The lowest BCUT2D eigenvalue weighted by Crippen LogP contribution is -2.36. The second kappa shape index (κ2) is 7.35. The Morgan fingerprint density at radius 3 is 2.61 bits per heavy atom. The Morgan fingerprint density at radius 2 is 1.93 bits per heavy atom. The van der Waals surface area contributed by atoms with E-state index in [0.29, 0.717) is 31.4 Å². The van der Waals surface area contributed by atoms with E-state index in [0.717, 1.165) is 12.8 Å². The predicted octanol–water partition coefficient (Wildman–Crippen LogP) is 1.44. The molecular weight excluding hydrogens is 364 g/mol. The van der Waals surface area contributed by atoms with E-state index in [1.54, 1.807) is 0 Å². The lowest BCUT2D eigenvalue weighted by atomic mass is 10.0. The molecule has 0 spiro atoms. The van der Waals surface area contributed by atoms with Crippen molar-refractivity contribution < 1.29 is 29.0 Å². The maximum Gasteiger partial charge on any atom is 0.306 e. The highest BCUT2D eigenvalue weighted by Crippen LogP contribution is 2.28. The topological polar surface area (TPSA) is 113 Å². The van der Waals surface area contributed by atoms with E-state index in [9.17, 15) is 19.2 Å². The van der Waals surface area contributed by atoms with Crippen molar-refractivity contribution in [3.63, 3.8) is 0 Å². The summed E-state index contributed by atoms with van der Waals surface area (Å²) >= 11 is 0. The zero-order valence-corrected chi connectivity index (χ0v) is 15.3. The number of hydrogen-bond donors (Lipinski definition) is 2. The summed E-state index contributed by atoms with van der Waals surface area (Å²) in [5.74, 6) is -2.41. The molecule has 1 aromatic carbocycles. The molecule has 0 bridgehead atoms. The first kappa shape index (κ1) is 18.6. The molecule has 3 amide bonds. The molecule has 2 heterocycles. The molecule has 2 aliphatic heterocycles. The molecule has 3 aliphatic rings. The molecule has 148 valence electrons. The highest BCUT2D eigenvalue weighted by Gasteiger charge is 2.38. The van der Waals surface area contributed by atoms with E-state index in [1.165, 1.54) is 23.1 Å². The van der Waals surface area contributed by atoms with Crippen LogP contribution in [0.4, 0.5) is 0 Å². The highest BCUT2D eigenvalue weighted by molar-refractivity contribution is 6.22. The standard InChI is InChI=1S/C20H22N2O6/c23-17(21-13-5-3-12(8-13)20(26)27)11-4-6-15-16(9-11)19(25)22(18(15)24)10-14-2-1-7-28-14/h4,6,9,12-14H,1-3,5,7-8,10H2,(H,21,23)(H,26,27)/t12-,13+,14?/m1/s1. The molecule has 1 aromatic rings. The number of nitrogens with one attached hydrogen (secondary N) is 1. The van der Waals surface area contributed by atoms with Gasteiger partial charge in [-0.05, 0) is 50.3 Å². The van der Waals surface area contributed by atoms with E-state index in [4.69, 9.17) is 9.84 Å². The Labute approximate surface area is 161 Å². The Morgan fingerprint density at radius 1 is 1.14 bits per heavy atom. The predicted molar refractivity (Wildman–Crippen MR) is 97.0 cm³/mol. The average Bonchev–Trinajstić information content (AvgIpc) is 3.40. The van der Waals surface area contributed by atoms with E-state index in [2.05, 4.69) is 5.32 Å². The molecule has 8 heteroatoms. The summed E-state index contributed by atoms with van der Waals surface area (Å²) in [6, 6.07) is 4.28. The van der Waals surface area contributed by atoms with Crippen LogP contribution in [0, 0.1) is 5.92 Å². The fourth-order valence-corrected chi connectivity index (χ4v) is 4.20. The summed E-state index contributed by atoms with van der Waals surface area (Å²) in [6.07, 6.45) is 3.16. The van der Waals surface area contributed by atoms with Crippen molar-refractivity contribution in [2.24, 2.45) is 5.92 Å². The van der Waals surface area contributed by atoms with Crippen LogP contribution in [0.5, 0.6) is 0 Å². The van der Waals surface area contributed by atoms with Gasteiger partial charge < -0.3 is 15.2 Å². The molecule has 1 saturated carbocycles. The minimum atomic E-state index is -0.843. The molecule has 1 saturated heterocycles. The van der Waals surface area contributed by atoms with Gasteiger partial charge in [-0.1, -0.05) is 0 Å². The van der Waals surface area contributed by atoms with Gasteiger partial charge >= 0.3 is 5.97 Å². The number of amides is 3. The van der Waals surface area contributed by atoms with E-state index >= 15 is 0 Å². The summed E-state index contributed by atoms with van der Waals surface area (Å²) in [6.45, 7) is 0.870. The molecule has 8 nitrogen and oxygen atoms in total. The van der Waals surface area contributed by atoms with Crippen molar-refractivity contribution in [3.8, 4) is 0 Å². The minimum absolute atomic E-state index is 0.130. The van der Waals surface area contributed by atoms with Crippen LogP contribution in [-0.2, 0) is 9.53 Å². The van der Waals surface area contributed by atoms with Gasteiger partial charge in [-0.2, -0.15) is 0 Å². The number of carboxylic acid groups (broad SMARTS) is 1. The van der Waals surface area contributed by atoms with Crippen molar-refractivity contribution in [3.05, 3.63) is 34.9 Å². The van der Waals surface area contributed by atoms with Crippen LogP contribution >= 0.6 is 0 Å². The molecule has 28 heavy (non-hydrogen) atoms. The van der Waals surface area contributed by atoms with Gasteiger partial charge in [0.1, 0.15) is 0 Å². The van der Waals surface area contributed by atoms with E-state index in [1.807, 2.05) is 0 Å². The SMILES string of the molecule is O=C(N[C@H]1CC[C@@H](C(=O)O)C1)c1ccc2c(c1)C(=O)N(CC1CCCO1)C2=O. The van der Waals surface area contributed by atoms with Crippen LogP contribution in [0.15, 0.2) is 18.2 Å². The van der Waals surface area contributed by atoms with Crippen molar-refractivity contribution in [1.82, 2.24) is 10.2 Å². The van der Waals surface area contributed by atoms with Gasteiger partial charge in [-0.25, -0.2) is 0 Å². The monoisotopic (exact) mass is 386 g/mol. The number of imide groups is 1. The van der Waals surface area contributed by atoms with Crippen molar-refractivity contribution in [2.45, 2.75) is 44.2 Å². The van der Waals surface area contributed by atoms with Crippen LogP contribution in [0.3, 0.4) is 0 Å². The Bertz CT molecular complexity index is 845. The van der Waals surface area contributed by atoms with Gasteiger partial charge in [0.15, 0.2) is 0 Å². The maximum absolute atomic E-state index is 12.7. The quantitative estimate of drug-likeness (QED) is 0.741. The van der Waals surface area contributed by atoms with Crippen LogP contribution in [-0.4, -0.2) is 59.0 Å². The number of aliphatic carboxylic acids is 1. The lowest BCUT2D eigenvalue weighted by Gasteiger charge is -2.17. The lowest BCUT2D eigenvalue weighted by molar-refractivity contribution is -0.141. The third kappa shape index (κ3) is 3.40. The first-order chi connectivity index (χ1) is 13.4. The number of fused-ring (bicyclic) bond motifs is 1. The number of ether oxygens (including phenoxy) is 1. The summed E-state index contributed by atoms with van der Waals surface area (Å²) in [5.41, 5.74) is 0.814. The summed E-state index contributed by atoms with van der Waals surface area (Å²) in [4.78, 5) is 50.0. The van der Waals surface area contributed by atoms with Gasteiger partial charge in [0.05, 0.1) is 29.7 Å². The molecule has 1 aliphatic carbocycles. The first-order valence-corrected chi connectivity index (χ1v) is 9.59. The van der Waals surface area contributed by atoms with Gasteiger partial charge in [0.25, 0.3) is 17.7 Å². The van der Waals surface area contributed by atoms with E-state index in [-0.39, 0.29) is 41.6 Å². The fraction of sp³-hybridized carbons (Fsp3) is 0.500. The second-order valence-corrected chi connectivity index (χ2v) is 7.63. The van der Waals surface area contributed by atoms with Crippen LogP contribution in [0.2, 0.25) is 0 Å². The number of rotatable bonds is 5. The number of nitrogens with zero attached hydrogens (tertiary/aromatic N) is 1. The largest absolute Gasteiger partial charge is 0.481 e. The molecule has 0 radical (unpaired) electrons.